The lowest BCUT2D eigenvalue weighted by Gasteiger charge is -2.26. The highest BCUT2D eigenvalue weighted by Gasteiger charge is 2.29. The summed E-state index contributed by atoms with van der Waals surface area (Å²) in [6.45, 7) is 0. The monoisotopic (exact) mass is 406 g/mol. The van der Waals surface area contributed by atoms with Gasteiger partial charge in [0.15, 0.2) is 0 Å². The molecule has 0 N–H and O–H groups in total. The van der Waals surface area contributed by atoms with Gasteiger partial charge in [0, 0.05) is 0 Å². The van der Waals surface area contributed by atoms with E-state index in [9.17, 15) is 0 Å². The van der Waals surface area contributed by atoms with Gasteiger partial charge in [-0.2, -0.15) is 0 Å². The van der Waals surface area contributed by atoms with E-state index in [4.69, 9.17) is 7.85 Å². The summed E-state index contributed by atoms with van der Waals surface area (Å²) in [5, 5.41) is 0. The molecule has 4 aliphatic rings. The molecule has 0 heterocycles. The summed E-state index contributed by atoms with van der Waals surface area (Å²) in [5.74, 6) is 0.808. The normalized spacial score (nSPS) is 16.6. The fourth-order valence-electron chi connectivity index (χ4n) is 6.62. The first kappa shape index (κ1) is 17.5. The largest absolute Gasteiger partial charge is 0.113 e. The molecule has 0 unspecified atom stereocenters. The maximum atomic E-state index is 6.05. The van der Waals surface area contributed by atoms with Crippen LogP contribution in [0.4, 0.5) is 0 Å². The van der Waals surface area contributed by atoms with Gasteiger partial charge in [-0.05, 0) is 135 Å². The van der Waals surface area contributed by atoms with Crippen LogP contribution in [0, 0.1) is 0 Å². The van der Waals surface area contributed by atoms with Gasteiger partial charge in [0.2, 0.25) is 0 Å². The third-order valence-corrected chi connectivity index (χ3v) is 8.51. The predicted octanol–water partition coefficient (Wildman–Crippen LogP) is 6.46. The molecular formula is C31H23B. The Bertz CT molecular complexity index is 1490. The lowest BCUT2D eigenvalue weighted by Crippen LogP contribution is -2.08. The summed E-state index contributed by atoms with van der Waals surface area (Å²) in [6, 6.07) is 23.6. The highest BCUT2D eigenvalue weighted by atomic mass is 14.3. The molecule has 1 fully saturated rings. The minimum absolute atomic E-state index is 0.808. The van der Waals surface area contributed by atoms with Crippen molar-refractivity contribution in [1.82, 2.24) is 0 Å². The molecule has 4 aliphatic carbocycles. The second-order valence-electron chi connectivity index (χ2n) is 10.3. The molecule has 1 heteroatoms. The Kier molecular flexibility index (Phi) is 3.30. The van der Waals surface area contributed by atoms with Crippen LogP contribution in [0.15, 0.2) is 60.7 Å². The summed E-state index contributed by atoms with van der Waals surface area (Å²) in [7, 11) is 6.05. The summed E-state index contributed by atoms with van der Waals surface area (Å²) in [5.41, 5.74) is 19.9. The summed E-state index contributed by atoms with van der Waals surface area (Å²) in [6.07, 6.45) is 7.28. The van der Waals surface area contributed by atoms with Crippen molar-refractivity contribution in [2.75, 3.05) is 0 Å². The van der Waals surface area contributed by atoms with Crippen molar-refractivity contribution < 1.29 is 0 Å². The van der Waals surface area contributed by atoms with E-state index >= 15 is 0 Å². The van der Waals surface area contributed by atoms with E-state index in [-0.39, 0.29) is 0 Å². The molecule has 0 nitrogen and oxygen atoms in total. The van der Waals surface area contributed by atoms with Crippen molar-refractivity contribution in [2.45, 2.75) is 44.4 Å². The molecule has 0 aliphatic heterocycles. The Morgan fingerprint density at radius 1 is 0.500 bits per heavy atom. The van der Waals surface area contributed by atoms with Crippen LogP contribution in [0.2, 0.25) is 0 Å². The number of rotatable bonds is 1. The Morgan fingerprint density at radius 2 is 0.969 bits per heavy atom. The van der Waals surface area contributed by atoms with Crippen LogP contribution in [0.3, 0.4) is 0 Å². The van der Waals surface area contributed by atoms with Gasteiger partial charge in [-0.25, -0.2) is 0 Å². The minimum atomic E-state index is 0.808. The molecule has 0 spiro atoms. The highest BCUT2D eigenvalue weighted by molar-refractivity contribution is 6.32. The number of fused-ring (bicyclic) bond motifs is 9. The number of benzene rings is 4. The van der Waals surface area contributed by atoms with Crippen molar-refractivity contribution in [2.24, 2.45) is 0 Å². The fraction of sp³-hybridized carbons (Fsp3) is 0.226. The van der Waals surface area contributed by atoms with E-state index in [0.29, 0.717) is 0 Å². The van der Waals surface area contributed by atoms with Crippen molar-refractivity contribution in [3.8, 4) is 33.4 Å². The van der Waals surface area contributed by atoms with Crippen LogP contribution < -0.4 is 5.46 Å². The molecule has 4 aromatic rings. The lowest BCUT2D eigenvalue weighted by atomic mass is 9.79. The third kappa shape index (κ3) is 2.29. The van der Waals surface area contributed by atoms with Crippen molar-refractivity contribution in [3.05, 3.63) is 99.6 Å². The zero-order valence-electron chi connectivity index (χ0n) is 18.2. The van der Waals surface area contributed by atoms with Crippen LogP contribution in [0.25, 0.3) is 33.4 Å². The van der Waals surface area contributed by atoms with Gasteiger partial charge in [-0.15, -0.1) is 0 Å². The quantitative estimate of drug-likeness (QED) is 0.275. The third-order valence-electron chi connectivity index (χ3n) is 8.51. The van der Waals surface area contributed by atoms with Crippen molar-refractivity contribution in [3.63, 3.8) is 0 Å². The standard InChI is InChI=1S/C31H23B/c32-25-5-7-27-20(12-25)10-22-16-31-24(14-29(22)27)11-23-13-28-21(15-30(23)31)9-19-8-18(4-6-26(19)28)17-2-1-3-17/h4-8,12-17H,1-3,9-11H2. The molecule has 2 radical (unpaired) electrons. The molecular weight excluding hydrogens is 383 g/mol. The Hall–Kier alpha value is -3.06. The topological polar surface area (TPSA) is 0 Å². The minimum Gasteiger partial charge on any atom is -0.0963 e. The molecule has 0 atom stereocenters. The Balaban J connectivity index is 1.20. The summed E-state index contributed by atoms with van der Waals surface area (Å²) < 4.78 is 0. The SMILES string of the molecule is [B]c1ccc2c(c1)Cc1cc3c(cc1-2)Cc1cc2c(cc1-3)Cc1cc(C3CCC3)ccc1-2. The van der Waals surface area contributed by atoms with Gasteiger partial charge in [0.25, 0.3) is 0 Å². The second-order valence-corrected chi connectivity index (χ2v) is 10.3. The van der Waals surface area contributed by atoms with E-state index in [1.165, 1.54) is 86.0 Å². The zero-order chi connectivity index (χ0) is 21.0. The van der Waals surface area contributed by atoms with E-state index < -0.39 is 0 Å². The van der Waals surface area contributed by atoms with Gasteiger partial charge < -0.3 is 0 Å². The van der Waals surface area contributed by atoms with E-state index in [1.54, 1.807) is 5.56 Å². The predicted molar refractivity (Wildman–Crippen MR) is 133 cm³/mol. The van der Waals surface area contributed by atoms with Gasteiger partial charge in [0.1, 0.15) is 7.85 Å². The average molecular weight is 406 g/mol. The van der Waals surface area contributed by atoms with E-state index in [2.05, 4.69) is 54.6 Å². The van der Waals surface area contributed by atoms with Gasteiger partial charge >= 0.3 is 0 Å². The van der Waals surface area contributed by atoms with Crippen LogP contribution in [0.1, 0.15) is 64.1 Å². The molecule has 0 saturated heterocycles. The smallest absolute Gasteiger partial charge is 0.0963 e. The molecule has 0 amide bonds. The van der Waals surface area contributed by atoms with Crippen molar-refractivity contribution in [1.29, 1.82) is 0 Å². The maximum Gasteiger partial charge on any atom is 0.113 e. The first-order valence-electron chi connectivity index (χ1n) is 12.1. The maximum absolute atomic E-state index is 6.05. The summed E-state index contributed by atoms with van der Waals surface area (Å²) in [4.78, 5) is 0. The second kappa shape index (κ2) is 6.04. The number of hydrogen-bond donors (Lipinski definition) is 0. The highest BCUT2D eigenvalue weighted by Crippen LogP contribution is 2.48. The fourth-order valence-corrected chi connectivity index (χ4v) is 6.62. The molecule has 8 rings (SSSR count). The Morgan fingerprint density at radius 3 is 1.50 bits per heavy atom. The molecule has 0 aromatic heterocycles. The molecule has 1 saturated carbocycles. The Labute approximate surface area is 190 Å². The molecule has 0 bridgehead atoms. The van der Waals surface area contributed by atoms with Gasteiger partial charge in [-0.3, -0.25) is 0 Å². The zero-order valence-corrected chi connectivity index (χ0v) is 18.2. The lowest BCUT2D eigenvalue weighted by molar-refractivity contribution is 0.419. The van der Waals surface area contributed by atoms with Crippen LogP contribution in [0.5, 0.6) is 0 Å². The molecule has 32 heavy (non-hydrogen) atoms. The van der Waals surface area contributed by atoms with Crippen LogP contribution in [-0.2, 0) is 19.3 Å². The van der Waals surface area contributed by atoms with Gasteiger partial charge in [-0.1, -0.05) is 48.3 Å². The van der Waals surface area contributed by atoms with Crippen molar-refractivity contribution >= 4 is 13.3 Å². The average Bonchev–Trinajstić information content (AvgIpc) is 3.38. The van der Waals surface area contributed by atoms with E-state index in [1.807, 2.05) is 6.07 Å². The molecule has 4 aromatic carbocycles. The van der Waals surface area contributed by atoms with Gasteiger partial charge in [0.05, 0.1) is 0 Å². The molecule has 150 valence electrons. The summed E-state index contributed by atoms with van der Waals surface area (Å²) >= 11 is 0. The first-order valence-corrected chi connectivity index (χ1v) is 12.1. The van der Waals surface area contributed by atoms with E-state index in [0.717, 1.165) is 30.6 Å². The van der Waals surface area contributed by atoms with Crippen LogP contribution >= 0.6 is 0 Å². The first-order chi connectivity index (χ1) is 15.7. The van der Waals surface area contributed by atoms with Crippen LogP contribution in [-0.4, -0.2) is 7.85 Å². The number of hydrogen-bond acceptors (Lipinski definition) is 0.